The standard InChI is InChI=1S/C22H23ClFN7/c1-29(2)13-14-4-6-15(7-5-14)16-10-18(21(25)26-12-16)22-27-28-30(3)31(22)20-11-17(23)8-9-19(20)24/h4-12,28H,13H2,1-3H3,(H2,25,26). The van der Waals surface area contributed by atoms with Gasteiger partial charge in [-0.25, -0.2) is 19.9 Å². The summed E-state index contributed by atoms with van der Waals surface area (Å²) in [6.45, 7) is 0.862. The lowest BCUT2D eigenvalue weighted by atomic mass is 10.0. The van der Waals surface area contributed by atoms with E-state index in [0.29, 0.717) is 16.4 Å². The van der Waals surface area contributed by atoms with Crippen molar-refractivity contribution in [2.24, 2.45) is 5.10 Å². The molecule has 2 aromatic carbocycles. The molecule has 9 heteroatoms. The highest BCUT2D eigenvalue weighted by Crippen LogP contribution is 2.30. The molecule has 0 atom stereocenters. The van der Waals surface area contributed by atoms with E-state index in [-0.39, 0.29) is 11.5 Å². The molecule has 4 rings (SSSR count). The van der Waals surface area contributed by atoms with Gasteiger partial charge in [-0.2, -0.15) is 0 Å². The summed E-state index contributed by atoms with van der Waals surface area (Å²) in [5.74, 6) is 0.267. The molecule has 0 bridgehead atoms. The van der Waals surface area contributed by atoms with Crippen LogP contribution in [0.3, 0.4) is 0 Å². The van der Waals surface area contributed by atoms with Gasteiger partial charge in [0.15, 0.2) is 5.84 Å². The number of hydrogen-bond acceptors (Lipinski definition) is 7. The van der Waals surface area contributed by atoms with E-state index in [0.717, 1.165) is 17.7 Å². The van der Waals surface area contributed by atoms with E-state index in [1.54, 1.807) is 23.4 Å². The maximum absolute atomic E-state index is 14.6. The number of hydrazone groups is 1. The Morgan fingerprint density at radius 3 is 2.55 bits per heavy atom. The minimum absolute atomic E-state index is 0.247. The van der Waals surface area contributed by atoms with Crippen molar-refractivity contribution in [2.75, 3.05) is 31.9 Å². The number of nitrogens with two attached hydrogens (primary N) is 1. The minimum Gasteiger partial charge on any atom is -0.383 e. The van der Waals surface area contributed by atoms with Gasteiger partial charge in [0.25, 0.3) is 0 Å². The second kappa shape index (κ2) is 8.50. The minimum atomic E-state index is -0.438. The van der Waals surface area contributed by atoms with Crippen LogP contribution in [-0.4, -0.2) is 42.0 Å². The molecule has 0 radical (unpaired) electrons. The number of pyridine rings is 1. The van der Waals surface area contributed by atoms with Crippen LogP contribution in [0, 0.1) is 5.82 Å². The van der Waals surface area contributed by atoms with E-state index in [4.69, 9.17) is 17.3 Å². The van der Waals surface area contributed by atoms with E-state index in [9.17, 15) is 4.39 Å². The first kappa shape index (κ1) is 21.0. The molecular weight excluding hydrogens is 417 g/mol. The molecule has 0 saturated carbocycles. The van der Waals surface area contributed by atoms with Crippen molar-refractivity contribution in [2.45, 2.75) is 6.54 Å². The van der Waals surface area contributed by atoms with Crippen LogP contribution in [0.25, 0.3) is 11.1 Å². The number of hydrogen-bond donors (Lipinski definition) is 2. The number of hydrazine groups is 2. The van der Waals surface area contributed by atoms with Gasteiger partial charge in [0.2, 0.25) is 0 Å². The fourth-order valence-electron chi connectivity index (χ4n) is 3.43. The first-order valence-electron chi connectivity index (χ1n) is 9.65. The highest BCUT2D eigenvalue weighted by molar-refractivity contribution is 6.31. The van der Waals surface area contributed by atoms with Crippen molar-refractivity contribution < 1.29 is 4.39 Å². The predicted octanol–water partition coefficient (Wildman–Crippen LogP) is 3.72. The quantitative estimate of drug-likeness (QED) is 0.631. The molecule has 0 amide bonds. The summed E-state index contributed by atoms with van der Waals surface area (Å²) in [5.41, 5.74) is 12.9. The molecule has 0 aliphatic carbocycles. The van der Waals surface area contributed by atoms with Gasteiger partial charge >= 0.3 is 0 Å². The molecule has 1 aliphatic rings. The topological polar surface area (TPSA) is 73.0 Å². The Kier molecular flexibility index (Phi) is 5.77. The lowest BCUT2D eigenvalue weighted by Gasteiger charge is -2.27. The maximum atomic E-state index is 14.6. The van der Waals surface area contributed by atoms with Crippen LogP contribution >= 0.6 is 11.6 Å². The summed E-state index contributed by atoms with van der Waals surface area (Å²) in [5, 5.41) is 7.87. The number of rotatable bonds is 5. The fourth-order valence-corrected chi connectivity index (χ4v) is 3.60. The van der Waals surface area contributed by atoms with Gasteiger partial charge in [-0.3, -0.25) is 0 Å². The molecule has 2 heterocycles. The number of benzene rings is 2. The van der Waals surface area contributed by atoms with Crippen LogP contribution in [0.1, 0.15) is 11.1 Å². The van der Waals surface area contributed by atoms with Crippen LogP contribution in [0.5, 0.6) is 0 Å². The number of nitrogens with one attached hydrogen (secondary N) is 1. The third-order valence-corrected chi connectivity index (χ3v) is 5.12. The Morgan fingerprint density at radius 2 is 1.84 bits per heavy atom. The summed E-state index contributed by atoms with van der Waals surface area (Å²) in [6.07, 6.45) is 1.72. The zero-order valence-electron chi connectivity index (χ0n) is 17.5. The average Bonchev–Trinajstić information content (AvgIpc) is 3.11. The van der Waals surface area contributed by atoms with Crippen molar-refractivity contribution in [1.82, 2.24) is 20.5 Å². The smallest absolute Gasteiger partial charge is 0.181 e. The zero-order chi connectivity index (χ0) is 22.1. The molecule has 3 aromatic rings. The van der Waals surface area contributed by atoms with Crippen molar-refractivity contribution in [1.29, 1.82) is 0 Å². The highest BCUT2D eigenvalue weighted by Gasteiger charge is 2.30. The molecule has 31 heavy (non-hydrogen) atoms. The molecule has 1 aliphatic heterocycles. The van der Waals surface area contributed by atoms with Gasteiger partial charge in [0, 0.05) is 30.4 Å². The van der Waals surface area contributed by atoms with Gasteiger partial charge < -0.3 is 10.6 Å². The van der Waals surface area contributed by atoms with Crippen LogP contribution in [0.4, 0.5) is 15.9 Å². The maximum Gasteiger partial charge on any atom is 0.181 e. The van der Waals surface area contributed by atoms with Crippen molar-refractivity contribution in [3.05, 3.63) is 76.7 Å². The van der Waals surface area contributed by atoms with E-state index in [1.807, 2.05) is 32.3 Å². The number of nitrogens with zero attached hydrogens (tertiary/aromatic N) is 5. The number of amidine groups is 1. The summed E-state index contributed by atoms with van der Waals surface area (Å²) < 4.78 is 14.6. The number of nitrogen functional groups attached to an aromatic ring is 1. The molecule has 160 valence electrons. The van der Waals surface area contributed by atoms with Gasteiger partial charge in [0.05, 0.1) is 11.3 Å². The molecule has 7 nitrogen and oxygen atoms in total. The zero-order valence-corrected chi connectivity index (χ0v) is 18.2. The Labute approximate surface area is 185 Å². The van der Waals surface area contributed by atoms with Crippen molar-refractivity contribution in [3.63, 3.8) is 0 Å². The Hall–Kier alpha value is -3.20. The van der Waals surface area contributed by atoms with Gasteiger partial charge in [-0.05, 0) is 49.5 Å². The average molecular weight is 440 g/mol. The predicted molar refractivity (Wildman–Crippen MR) is 123 cm³/mol. The lowest BCUT2D eigenvalue weighted by Crippen LogP contribution is -2.43. The van der Waals surface area contributed by atoms with E-state index in [1.165, 1.54) is 23.8 Å². The lowest BCUT2D eigenvalue weighted by molar-refractivity contribution is 0.276. The normalized spacial score (nSPS) is 14.1. The molecule has 3 N–H and O–H groups in total. The Bertz CT molecular complexity index is 1130. The molecule has 0 spiro atoms. The SMILES string of the molecule is CN(C)Cc1ccc(-c2cnc(N)c(C3=NNN(C)N3c3cc(Cl)ccc3F)c2)cc1. The monoisotopic (exact) mass is 439 g/mol. The molecule has 0 unspecified atom stereocenters. The summed E-state index contributed by atoms with van der Waals surface area (Å²) >= 11 is 6.11. The molecule has 0 saturated heterocycles. The fraction of sp³-hybridized carbons (Fsp3) is 0.182. The first-order chi connectivity index (χ1) is 14.8. The third-order valence-electron chi connectivity index (χ3n) is 4.88. The third kappa shape index (κ3) is 4.32. The summed E-state index contributed by atoms with van der Waals surface area (Å²) in [7, 11) is 5.78. The van der Waals surface area contributed by atoms with E-state index >= 15 is 0 Å². The van der Waals surface area contributed by atoms with Crippen LogP contribution in [0.15, 0.2) is 59.8 Å². The highest BCUT2D eigenvalue weighted by atomic mass is 35.5. The Morgan fingerprint density at radius 1 is 1.10 bits per heavy atom. The summed E-state index contributed by atoms with van der Waals surface area (Å²) in [4.78, 5) is 6.47. The molecular formula is C22H23ClFN7. The molecule has 1 aromatic heterocycles. The Balaban J connectivity index is 1.72. The first-order valence-corrected chi connectivity index (χ1v) is 10.0. The van der Waals surface area contributed by atoms with Gasteiger partial charge in [0.1, 0.15) is 11.6 Å². The van der Waals surface area contributed by atoms with Crippen molar-refractivity contribution in [3.8, 4) is 11.1 Å². The van der Waals surface area contributed by atoms with E-state index in [2.05, 4.69) is 32.7 Å². The van der Waals surface area contributed by atoms with Crippen LogP contribution in [0.2, 0.25) is 5.02 Å². The number of anilines is 2. The van der Waals surface area contributed by atoms with Crippen molar-refractivity contribution >= 4 is 28.9 Å². The van der Waals surface area contributed by atoms with Crippen LogP contribution in [-0.2, 0) is 6.54 Å². The van der Waals surface area contributed by atoms with Crippen LogP contribution < -0.4 is 16.3 Å². The summed E-state index contributed by atoms with van der Waals surface area (Å²) in [6, 6.07) is 14.5. The molecule has 0 fully saturated rings. The van der Waals surface area contributed by atoms with Gasteiger partial charge in [-0.15, -0.1) is 10.2 Å². The van der Waals surface area contributed by atoms with Gasteiger partial charge in [-0.1, -0.05) is 35.9 Å². The second-order valence-corrected chi connectivity index (χ2v) is 7.99. The van der Waals surface area contributed by atoms with E-state index < -0.39 is 5.82 Å². The number of halogens is 2. The largest absolute Gasteiger partial charge is 0.383 e. The second-order valence-electron chi connectivity index (χ2n) is 7.56. The number of aromatic nitrogens is 1.